The standard InChI is InChI=1S/C16H25NO/c1-3-4-12-5-10-16(17)15(11-12)13-6-8-14(18-2)9-7-13/h6-9,12,15-16H,3-5,10-11,17H2,1-2H3. The van der Waals surface area contributed by atoms with E-state index in [-0.39, 0.29) is 0 Å². The second-order valence-corrected chi connectivity index (χ2v) is 5.51. The second-order valence-electron chi connectivity index (χ2n) is 5.51. The first-order valence-corrected chi connectivity index (χ1v) is 7.14. The third-order valence-electron chi connectivity index (χ3n) is 4.25. The number of hydrogen-bond donors (Lipinski definition) is 1. The van der Waals surface area contributed by atoms with Crippen LogP contribution in [0.2, 0.25) is 0 Å². The summed E-state index contributed by atoms with van der Waals surface area (Å²) in [4.78, 5) is 0. The number of nitrogens with two attached hydrogens (primary N) is 1. The van der Waals surface area contributed by atoms with E-state index in [2.05, 4.69) is 19.1 Å². The van der Waals surface area contributed by atoms with Gasteiger partial charge in [0.1, 0.15) is 5.75 Å². The average Bonchev–Trinajstić information content (AvgIpc) is 2.41. The van der Waals surface area contributed by atoms with Crippen LogP contribution < -0.4 is 10.5 Å². The van der Waals surface area contributed by atoms with Gasteiger partial charge in [0, 0.05) is 6.04 Å². The zero-order chi connectivity index (χ0) is 13.0. The van der Waals surface area contributed by atoms with Crippen molar-refractivity contribution in [3.05, 3.63) is 29.8 Å². The Balaban J connectivity index is 2.08. The maximum atomic E-state index is 6.31. The summed E-state index contributed by atoms with van der Waals surface area (Å²) in [6.45, 7) is 2.27. The van der Waals surface area contributed by atoms with Crippen molar-refractivity contribution in [2.75, 3.05) is 7.11 Å². The minimum absolute atomic E-state index is 0.325. The zero-order valence-electron chi connectivity index (χ0n) is 11.6. The third-order valence-corrected chi connectivity index (χ3v) is 4.25. The van der Waals surface area contributed by atoms with Crippen LogP contribution in [0, 0.1) is 5.92 Å². The molecule has 1 fully saturated rings. The number of benzene rings is 1. The summed E-state index contributed by atoms with van der Waals surface area (Å²) < 4.78 is 5.21. The lowest BCUT2D eigenvalue weighted by atomic mass is 9.74. The molecule has 100 valence electrons. The molecule has 3 atom stereocenters. The maximum absolute atomic E-state index is 6.31. The summed E-state index contributed by atoms with van der Waals surface area (Å²) in [5, 5.41) is 0. The Labute approximate surface area is 111 Å². The smallest absolute Gasteiger partial charge is 0.118 e. The highest BCUT2D eigenvalue weighted by Crippen LogP contribution is 2.37. The van der Waals surface area contributed by atoms with Gasteiger partial charge in [0.15, 0.2) is 0 Å². The van der Waals surface area contributed by atoms with Gasteiger partial charge < -0.3 is 10.5 Å². The van der Waals surface area contributed by atoms with Crippen molar-refractivity contribution in [3.8, 4) is 5.75 Å². The molecule has 1 aromatic carbocycles. The molecule has 1 aliphatic carbocycles. The Morgan fingerprint density at radius 2 is 1.94 bits per heavy atom. The molecular formula is C16H25NO. The number of methoxy groups -OCH3 is 1. The molecular weight excluding hydrogens is 222 g/mol. The fourth-order valence-corrected chi connectivity index (χ4v) is 3.19. The van der Waals surface area contributed by atoms with E-state index in [4.69, 9.17) is 10.5 Å². The Bertz CT molecular complexity index is 360. The topological polar surface area (TPSA) is 35.2 Å². The van der Waals surface area contributed by atoms with Gasteiger partial charge in [-0.2, -0.15) is 0 Å². The molecule has 0 aromatic heterocycles. The van der Waals surface area contributed by atoms with Crippen LogP contribution in [0.4, 0.5) is 0 Å². The van der Waals surface area contributed by atoms with Crippen LogP contribution in [0.25, 0.3) is 0 Å². The molecule has 2 heteroatoms. The van der Waals surface area contributed by atoms with E-state index in [9.17, 15) is 0 Å². The Hall–Kier alpha value is -1.02. The maximum Gasteiger partial charge on any atom is 0.118 e. The SMILES string of the molecule is CCCC1CCC(N)C(c2ccc(OC)cc2)C1. The van der Waals surface area contributed by atoms with Crippen LogP contribution >= 0.6 is 0 Å². The van der Waals surface area contributed by atoms with Gasteiger partial charge in [-0.05, 0) is 48.8 Å². The minimum Gasteiger partial charge on any atom is -0.497 e. The molecule has 2 rings (SSSR count). The molecule has 18 heavy (non-hydrogen) atoms. The van der Waals surface area contributed by atoms with E-state index < -0.39 is 0 Å². The van der Waals surface area contributed by atoms with Gasteiger partial charge in [0.2, 0.25) is 0 Å². The molecule has 2 N–H and O–H groups in total. The molecule has 0 radical (unpaired) electrons. The van der Waals surface area contributed by atoms with Crippen molar-refractivity contribution < 1.29 is 4.74 Å². The summed E-state index contributed by atoms with van der Waals surface area (Å²) in [7, 11) is 1.71. The third kappa shape index (κ3) is 3.05. The number of hydrogen-bond acceptors (Lipinski definition) is 2. The van der Waals surface area contributed by atoms with Crippen molar-refractivity contribution in [1.29, 1.82) is 0 Å². The fraction of sp³-hybridized carbons (Fsp3) is 0.625. The fourth-order valence-electron chi connectivity index (χ4n) is 3.19. The largest absolute Gasteiger partial charge is 0.497 e. The summed E-state index contributed by atoms with van der Waals surface area (Å²) in [6.07, 6.45) is 6.36. The molecule has 1 aliphatic rings. The van der Waals surface area contributed by atoms with E-state index in [1.165, 1.54) is 37.7 Å². The average molecular weight is 247 g/mol. The normalized spacial score (nSPS) is 28.1. The highest BCUT2D eigenvalue weighted by molar-refractivity contribution is 5.30. The van der Waals surface area contributed by atoms with Gasteiger partial charge in [-0.25, -0.2) is 0 Å². The Kier molecular flexibility index (Phi) is 4.65. The van der Waals surface area contributed by atoms with E-state index in [0.29, 0.717) is 12.0 Å². The zero-order valence-corrected chi connectivity index (χ0v) is 11.6. The molecule has 0 bridgehead atoms. The predicted octanol–water partition coefficient (Wildman–Crippen LogP) is 3.71. The first-order valence-electron chi connectivity index (χ1n) is 7.14. The first kappa shape index (κ1) is 13.4. The summed E-state index contributed by atoms with van der Waals surface area (Å²) >= 11 is 0. The van der Waals surface area contributed by atoms with Crippen molar-refractivity contribution >= 4 is 0 Å². The van der Waals surface area contributed by atoms with E-state index in [1.54, 1.807) is 7.11 Å². The lowest BCUT2D eigenvalue weighted by molar-refractivity contribution is 0.274. The van der Waals surface area contributed by atoms with E-state index in [1.807, 2.05) is 12.1 Å². The second kappa shape index (κ2) is 6.24. The quantitative estimate of drug-likeness (QED) is 0.880. The van der Waals surface area contributed by atoms with Crippen LogP contribution in [0.15, 0.2) is 24.3 Å². The first-order chi connectivity index (χ1) is 8.74. The molecule has 1 aromatic rings. The van der Waals surface area contributed by atoms with Crippen molar-refractivity contribution in [3.63, 3.8) is 0 Å². The highest BCUT2D eigenvalue weighted by Gasteiger charge is 2.28. The van der Waals surface area contributed by atoms with Gasteiger partial charge >= 0.3 is 0 Å². The molecule has 0 spiro atoms. The van der Waals surface area contributed by atoms with Gasteiger partial charge in [-0.3, -0.25) is 0 Å². The van der Waals surface area contributed by atoms with Crippen LogP contribution in [-0.4, -0.2) is 13.2 Å². The van der Waals surface area contributed by atoms with E-state index >= 15 is 0 Å². The molecule has 3 unspecified atom stereocenters. The molecule has 0 aliphatic heterocycles. The van der Waals surface area contributed by atoms with Gasteiger partial charge in [-0.1, -0.05) is 31.9 Å². The molecule has 1 saturated carbocycles. The number of rotatable bonds is 4. The van der Waals surface area contributed by atoms with Crippen LogP contribution in [0.1, 0.15) is 50.5 Å². The van der Waals surface area contributed by atoms with Crippen LogP contribution in [0.5, 0.6) is 5.75 Å². The lowest BCUT2D eigenvalue weighted by Gasteiger charge is -2.34. The minimum atomic E-state index is 0.325. The molecule has 0 heterocycles. The summed E-state index contributed by atoms with van der Waals surface area (Å²) in [6, 6.07) is 8.78. The molecule has 2 nitrogen and oxygen atoms in total. The lowest BCUT2D eigenvalue weighted by Crippen LogP contribution is -2.34. The molecule has 0 amide bonds. The van der Waals surface area contributed by atoms with Crippen LogP contribution in [0.3, 0.4) is 0 Å². The van der Waals surface area contributed by atoms with Crippen molar-refractivity contribution in [2.24, 2.45) is 11.7 Å². The summed E-state index contributed by atoms with van der Waals surface area (Å²) in [5.74, 6) is 2.32. The van der Waals surface area contributed by atoms with Gasteiger partial charge in [0.25, 0.3) is 0 Å². The Morgan fingerprint density at radius 3 is 2.56 bits per heavy atom. The molecule has 0 saturated heterocycles. The Morgan fingerprint density at radius 1 is 1.22 bits per heavy atom. The van der Waals surface area contributed by atoms with Crippen molar-refractivity contribution in [1.82, 2.24) is 0 Å². The summed E-state index contributed by atoms with van der Waals surface area (Å²) in [5.41, 5.74) is 7.69. The monoisotopic (exact) mass is 247 g/mol. The van der Waals surface area contributed by atoms with Gasteiger partial charge in [0.05, 0.1) is 7.11 Å². The number of ether oxygens (including phenoxy) is 1. The van der Waals surface area contributed by atoms with Crippen LogP contribution in [-0.2, 0) is 0 Å². The highest BCUT2D eigenvalue weighted by atomic mass is 16.5. The van der Waals surface area contributed by atoms with E-state index in [0.717, 1.165) is 11.7 Å². The van der Waals surface area contributed by atoms with Crippen molar-refractivity contribution in [2.45, 2.75) is 51.0 Å². The predicted molar refractivity (Wildman–Crippen MR) is 76.0 cm³/mol. The van der Waals surface area contributed by atoms with Gasteiger partial charge in [-0.15, -0.1) is 0 Å².